The van der Waals surface area contributed by atoms with Crippen LogP contribution in [0.5, 0.6) is 11.5 Å². The average molecular weight is 368 g/mol. The van der Waals surface area contributed by atoms with Gasteiger partial charge in [-0.2, -0.15) is 0 Å². The van der Waals surface area contributed by atoms with Crippen LogP contribution in [0.25, 0.3) is 21.5 Å². The highest BCUT2D eigenvalue weighted by Crippen LogP contribution is 2.33. The summed E-state index contributed by atoms with van der Waals surface area (Å²) in [7, 11) is 3.28. The minimum absolute atomic E-state index is 0.709. The van der Waals surface area contributed by atoms with E-state index in [4.69, 9.17) is 14.5 Å². The Bertz CT molecular complexity index is 990. The summed E-state index contributed by atoms with van der Waals surface area (Å²) in [5.41, 5.74) is 3.02. The Balaban J connectivity index is 1.59. The molecule has 0 unspecified atom stereocenters. The van der Waals surface area contributed by atoms with Crippen molar-refractivity contribution in [3.63, 3.8) is 0 Å². The Morgan fingerprint density at radius 3 is 2.56 bits per heavy atom. The van der Waals surface area contributed by atoms with Crippen molar-refractivity contribution in [2.75, 3.05) is 14.2 Å². The van der Waals surface area contributed by atoms with Gasteiger partial charge in [0.1, 0.15) is 10.0 Å². The summed E-state index contributed by atoms with van der Waals surface area (Å²) in [5.74, 6) is 1.43. The van der Waals surface area contributed by atoms with Crippen LogP contribution in [0.15, 0.2) is 47.8 Å². The van der Waals surface area contributed by atoms with Gasteiger partial charge in [0.2, 0.25) is 0 Å². The number of nitrogens with zero attached hydrogens (tertiary/aromatic N) is 2. The molecule has 0 atom stereocenters. The summed E-state index contributed by atoms with van der Waals surface area (Å²) < 4.78 is 11.9. The zero-order valence-corrected chi connectivity index (χ0v) is 15.5. The van der Waals surface area contributed by atoms with Gasteiger partial charge in [-0.1, -0.05) is 12.1 Å². The molecule has 0 aliphatic heterocycles. The molecule has 0 aliphatic rings. The topological polar surface area (TPSA) is 44.2 Å². The van der Waals surface area contributed by atoms with Gasteiger partial charge < -0.3 is 9.47 Å². The van der Waals surface area contributed by atoms with Crippen LogP contribution >= 0.6 is 22.7 Å². The molecule has 0 saturated carbocycles. The second-order valence-electron chi connectivity index (χ2n) is 5.45. The molecule has 0 N–H and O–H groups in total. The summed E-state index contributed by atoms with van der Waals surface area (Å²) in [4.78, 5) is 9.45. The summed E-state index contributed by atoms with van der Waals surface area (Å²) >= 11 is 3.38. The number of fused-ring (bicyclic) bond motifs is 1. The SMILES string of the molecule is COc1ccc(-c2csc(Cc3nc4ccccc4s3)n2)cc1OC. The average Bonchev–Trinajstić information content (AvgIpc) is 3.27. The van der Waals surface area contributed by atoms with E-state index in [1.54, 1.807) is 36.9 Å². The third-order valence-corrected chi connectivity index (χ3v) is 5.76. The van der Waals surface area contributed by atoms with Crippen molar-refractivity contribution in [3.8, 4) is 22.8 Å². The van der Waals surface area contributed by atoms with E-state index in [1.807, 2.05) is 36.4 Å². The van der Waals surface area contributed by atoms with Crippen LogP contribution in [0, 0.1) is 0 Å². The summed E-state index contributed by atoms with van der Waals surface area (Å²) in [5, 5.41) is 4.22. The van der Waals surface area contributed by atoms with E-state index in [1.165, 1.54) is 4.70 Å². The monoisotopic (exact) mass is 368 g/mol. The number of hydrogen-bond acceptors (Lipinski definition) is 6. The minimum Gasteiger partial charge on any atom is -0.493 e. The van der Waals surface area contributed by atoms with Crippen molar-refractivity contribution in [2.45, 2.75) is 6.42 Å². The lowest BCUT2D eigenvalue weighted by Crippen LogP contribution is -1.91. The number of para-hydroxylation sites is 1. The molecule has 0 saturated heterocycles. The molecule has 25 heavy (non-hydrogen) atoms. The van der Waals surface area contributed by atoms with Gasteiger partial charge in [-0.15, -0.1) is 22.7 Å². The van der Waals surface area contributed by atoms with E-state index < -0.39 is 0 Å². The van der Waals surface area contributed by atoms with Gasteiger partial charge in [0.15, 0.2) is 11.5 Å². The molecule has 2 aromatic heterocycles. The lowest BCUT2D eigenvalue weighted by atomic mass is 10.1. The molecule has 0 bridgehead atoms. The Hall–Kier alpha value is -2.44. The number of hydrogen-bond donors (Lipinski definition) is 0. The lowest BCUT2D eigenvalue weighted by molar-refractivity contribution is 0.355. The fraction of sp³-hybridized carbons (Fsp3) is 0.158. The number of methoxy groups -OCH3 is 2. The normalized spacial score (nSPS) is 11.0. The maximum absolute atomic E-state index is 5.38. The summed E-state index contributed by atoms with van der Waals surface area (Å²) in [6.45, 7) is 0. The maximum Gasteiger partial charge on any atom is 0.161 e. The Morgan fingerprint density at radius 1 is 0.920 bits per heavy atom. The molecule has 2 aromatic carbocycles. The van der Waals surface area contributed by atoms with Gasteiger partial charge in [-0.3, -0.25) is 0 Å². The first-order valence-corrected chi connectivity index (χ1v) is 9.47. The van der Waals surface area contributed by atoms with Gasteiger partial charge in [-0.05, 0) is 30.3 Å². The third-order valence-electron chi connectivity index (χ3n) is 3.87. The van der Waals surface area contributed by atoms with Crippen LogP contribution in [-0.2, 0) is 6.42 Å². The van der Waals surface area contributed by atoms with Crippen molar-refractivity contribution in [2.24, 2.45) is 0 Å². The van der Waals surface area contributed by atoms with Crippen molar-refractivity contribution < 1.29 is 9.47 Å². The van der Waals surface area contributed by atoms with Gasteiger partial charge in [0, 0.05) is 10.9 Å². The largest absolute Gasteiger partial charge is 0.493 e. The van der Waals surface area contributed by atoms with E-state index >= 15 is 0 Å². The van der Waals surface area contributed by atoms with Crippen LogP contribution in [-0.4, -0.2) is 24.2 Å². The molecule has 0 radical (unpaired) electrons. The highest BCUT2D eigenvalue weighted by Gasteiger charge is 2.11. The first kappa shape index (κ1) is 16.1. The number of benzene rings is 2. The fourth-order valence-electron chi connectivity index (χ4n) is 2.65. The zero-order valence-electron chi connectivity index (χ0n) is 13.9. The third kappa shape index (κ3) is 3.23. The second kappa shape index (κ2) is 6.82. The van der Waals surface area contributed by atoms with Crippen LogP contribution in [0.4, 0.5) is 0 Å². The van der Waals surface area contributed by atoms with Crippen LogP contribution in [0.2, 0.25) is 0 Å². The van der Waals surface area contributed by atoms with Crippen molar-refractivity contribution in [1.82, 2.24) is 9.97 Å². The maximum atomic E-state index is 5.38. The Kier molecular flexibility index (Phi) is 4.38. The van der Waals surface area contributed by atoms with E-state index in [9.17, 15) is 0 Å². The van der Waals surface area contributed by atoms with E-state index in [0.29, 0.717) is 5.75 Å². The summed E-state index contributed by atoms with van der Waals surface area (Å²) in [6.07, 6.45) is 0.761. The predicted molar refractivity (Wildman–Crippen MR) is 103 cm³/mol. The smallest absolute Gasteiger partial charge is 0.161 e. The van der Waals surface area contributed by atoms with Crippen LogP contribution in [0.1, 0.15) is 10.0 Å². The van der Waals surface area contributed by atoms with E-state index in [-0.39, 0.29) is 0 Å². The van der Waals surface area contributed by atoms with Gasteiger partial charge in [-0.25, -0.2) is 9.97 Å². The fourth-order valence-corrected chi connectivity index (χ4v) is 4.52. The standard InChI is InChI=1S/C19H16N2O2S2/c1-22-15-8-7-12(9-16(15)23-2)14-11-24-18(21-14)10-19-20-13-5-3-4-6-17(13)25-19/h3-9,11H,10H2,1-2H3. The molecule has 4 nitrogen and oxygen atoms in total. The number of ether oxygens (including phenoxy) is 2. The molecule has 2 heterocycles. The number of thiazole rings is 2. The first-order valence-electron chi connectivity index (χ1n) is 7.78. The number of rotatable bonds is 5. The molecule has 4 aromatic rings. The van der Waals surface area contributed by atoms with E-state index in [2.05, 4.69) is 16.4 Å². The molecule has 0 fully saturated rings. The van der Waals surface area contributed by atoms with Crippen molar-refractivity contribution in [3.05, 3.63) is 57.9 Å². The predicted octanol–water partition coefficient (Wildman–Crippen LogP) is 5.03. The molecule has 0 amide bonds. The first-order chi connectivity index (χ1) is 12.3. The van der Waals surface area contributed by atoms with Crippen LogP contribution in [0.3, 0.4) is 0 Å². The highest BCUT2D eigenvalue weighted by molar-refractivity contribution is 7.18. The van der Waals surface area contributed by atoms with Gasteiger partial charge in [0.05, 0.1) is 36.6 Å². The molecule has 6 heteroatoms. The quantitative estimate of drug-likeness (QED) is 0.496. The highest BCUT2D eigenvalue weighted by atomic mass is 32.1. The van der Waals surface area contributed by atoms with Crippen LogP contribution < -0.4 is 9.47 Å². The lowest BCUT2D eigenvalue weighted by Gasteiger charge is -2.08. The second-order valence-corrected chi connectivity index (χ2v) is 7.51. The van der Waals surface area contributed by atoms with Crippen molar-refractivity contribution >= 4 is 32.9 Å². The Labute approximate surface area is 153 Å². The minimum atomic E-state index is 0.709. The van der Waals surface area contributed by atoms with Crippen molar-refractivity contribution in [1.29, 1.82) is 0 Å². The Morgan fingerprint density at radius 2 is 1.76 bits per heavy atom. The van der Waals surface area contributed by atoms with E-state index in [0.717, 1.165) is 39.0 Å². The molecule has 126 valence electrons. The molecule has 0 spiro atoms. The molecule has 4 rings (SSSR count). The van der Waals surface area contributed by atoms with Gasteiger partial charge in [0.25, 0.3) is 0 Å². The summed E-state index contributed by atoms with van der Waals surface area (Å²) in [6, 6.07) is 14.1. The molecular formula is C19H16N2O2S2. The number of aromatic nitrogens is 2. The van der Waals surface area contributed by atoms with Gasteiger partial charge >= 0.3 is 0 Å². The molecular weight excluding hydrogens is 352 g/mol. The zero-order chi connectivity index (χ0) is 17.2. The molecule has 0 aliphatic carbocycles.